The van der Waals surface area contributed by atoms with Crippen LogP contribution >= 0.6 is 11.6 Å². The van der Waals surface area contributed by atoms with E-state index in [0.29, 0.717) is 29.6 Å². The topological polar surface area (TPSA) is 54.9 Å². The summed E-state index contributed by atoms with van der Waals surface area (Å²) in [5.41, 5.74) is 1.79. The van der Waals surface area contributed by atoms with Crippen LogP contribution in [-0.2, 0) is 4.79 Å². The van der Waals surface area contributed by atoms with E-state index in [-0.39, 0.29) is 11.9 Å². The van der Waals surface area contributed by atoms with Gasteiger partial charge in [-0.3, -0.25) is 4.79 Å². The van der Waals surface area contributed by atoms with Gasteiger partial charge in [0.05, 0.1) is 12.3 Å². The highest BCUT2D eigenvalue weighted by Gasteiger charge is 2.13. The van der Waals surface area contributed by atoms with Crippen molar-refractivity contribution >= 4 is 23.2 Å². The Balaban J connectivity index is 1.90. The molecule has 23 heavy (non-hydrogen) atoms. The molecule has 0 aliphatic rings. The molecule has 2 rings (SSSR count). The van der Waals surface area contributed by atoms with E-state index in [1.807, 2.05) is 67.7 Å². The van der Waals surface area contributed by atoms with Crippen LogP contribution in [0.2, 0.25) is 5.02 Å². The molecule has 5 heteroatoms. The Morgan fingerprint density at radius 1 is 1.26 bits per heavy atom. The average Bonchev–Trinajstić information content (AvgIpc) is 2.54. The average molecular weight is 334 g/mol. The zero-order valence-electron chi connectivity index (χ0n) is 13.4. The molecule has 122 valence electrons. The van der Waals surface area contributed by atoms with Gasteiger partial charge >= 0.3 is 0 Å². The van der Waals surface area contributed by atoms with E-state index >= 15 is 0 Å². The molecule has 0 aromatic heterocycles. The third kappa shape index (κ3) is 5.27. The van der Waals surface area contributed by atoms with E-state index in [2.05, 4.69) is 5.32 Å². The molecule has 4 nitrogen and oxygen atoms in total. The van der Waals surface area contributed by atoms with Gasteiger partial charge in [0.15, 0.2) is 6.54 Å². The Morgan fingerprint density at radius 2 is 2.04 bits per heavy atom. The van der Waals surface area contributed by atoms with Crippen LogP contribution in [0.25, 0.3) is 0 Å². The van der Waals surface area contributed by atoms with Crippen LogP contribution in [0, 0.1) is 0 Å². The van der Waals surface area contributed by atoms with Crippen molar-refractivity contribution in [3.05, 3.63) is 59.1 Å². The van der Waals surface area contributed by atoms with Crippen molar-refractivity contribution in [2.75, 3.05) is 18.5 Å². The molecular weight excluding hydrogens is 312 g/mol. The van der Waals surface area contributed by atoms with Crippen LogP contribution in [0.5, 0.6) is 5.75 Å². The third-order valence-corrected chi connectivity index (χ3v) is 3.73. The molecule has 0 spiro atoms. The second kappa shape index (κ2) is 8.56. The molecule has 0 aliphatic heterocycles. The highest BCUT2D eigenvalue weighted by atomic mass is 35.5. The number of halogens is 1. The first-order chi connectivity index (χ1) is 11.1. The fourth-order valence-corrected chi connectivity index (χ4v) is 2.46. The maximum absolute atomic E-state index is 12.1. The van der Waals surface area contributed by atoms with Crippen LogP contribution < -0.4 is 15.4 Å². The van der Waals surface area contributed by atoms with Crippen molar-refractivity contribution < 1.29 is 14.8 Å². The number of carbonyl (C=O) groups excluding carboxylic acids is 1. The van der Waals surface area contributed by atoms with Crippen molar-refractivity contribution in [1.82, 2.24) is 0 Å². The molecule has 1 atom stereocenters. The van der Waals surface area contributed by atoms with Crippen LogP contribution in [0.4, 0.5) is 5.69 Å². The summed E-state index contributed by atoms with van der Waals surface area (Å²) in [6.45, 7) is 4.85. The summed E-state index contributed by atoms with van der Waals surface area (Å²) in [5, 5.41) is 5.58. The lowest BCUT2D eigenvalue weighted by Gasteiger charge is -2.13. The van der Waals surface area contributed by atoms with Crippen LogP contribution in [0.15, 0.2) is 48.5 Å². The number of carbonyl (C=O) groups is 1. The Labute approximate surface area is 141 Å². The summed E-state index contributed by atoms with van der Waals surface area (Å²) in [7, 11) is 0. The number of nitrogens with two attached hydrogens (primary N) is 1. The van der Waals surface area contributed by atoms with Gasteiger partial charge in [0.2, 0.25) is 0 Å². The molecule has 0 radical (unpaired) electrons. The fraction of sp³-hybridized carbons (Fsp3) is 0.278. The van der Waals surface area contributed by atoms with Gasteiger partial charge in [0.25, 0.3) is 5.91 Å². The Kier molecular flexibility index (Phi) is 6.44. The Hall–Kier alpha value is -2.04. The molecule has 0 aliphatic carbocycles. The minimum Gasteiger partial charge on any atom is -0.492 e. The van der Waals surface area contributed by atoms with Gasteiger partial charge in [-0.15, -0.1) is 0 Å². The second-order valence-electron chi connectivity index (χ2n) is 5.26. The monoisotopic (exact) mass is 333 g/mol. The summed E-state index contributed by atoms with van der Waals surface area (Å²) in [6.07, 6.45) is 0. The van der Waals surface area contributed by atoms with Gasteiger partial charge < -0.3 is 15.4 Å². The number of quaternary nitrogens is 1. The van der Waals surface area contributed by atoms with E-state index in [0.717, 1.165) is 5.56 Å². The minimum atomic E-state index is -0.0639. The molecular formula is C18H22ClN2O2+. The highest BCUT2D eigenvalue weighted by molar-refractivity contribution is 6.30. The van der Waals surface area contributed by atoms with E-state index in [1.54, 1.807) is 0 Å². The fourth-order valence-electron chi connectivity index (χ4n) is 2.26. The molecule has 0 saturated heterocycles. The highest BCUT2D eigenvalue weighted by Crippen LogP contribution is 2.23. The number of nitrogens with one attached hydrogen (secondary N) is 1. The maximum Gasteiger partial charge on any atom is 0.279 e. The van der Waals surface area contributed by atoms with Crippen molar-refractivity contribution in [3.8, 4) is 5.75 Å². The molecule has 2 aromatic rings. The molecule has 0 unspecified atom stereocenters. The van der Waals surface area contributed by atoms with Crippen molar-refractivity contribution in [3.63, 3.8) is 0 Å². The first-order valence-electron chi connectivity index (χ1n) is 7.70. The predicted octanol–water partition coefficient (Wildman–Crippen LogP) is 3.00. The Bertz CT molecular complexity index is 661. The number of hydrogen-bond donors (Lipinski definition) is 2. The van der Waals surface area contributed by atoms with Gasteiger partial charge in [-0.2, -0.15) is 0 Å². The van der Waals surface area contributed by atoms with Crippen molar-refractivity contribution in [1.29, 1.82) is 0 Å². The summed E-state index contributed by atoms with van der Waals surface area (Å²) < 4.78 is 5.51. The molecule has 0 saturated carbocycles. The second-order valence-corrected chi connectivity index (χ2v) is 5.70. The van der Waals surface area contributed by atoms with Crippen LogP contribution in [0.3, 0.4) is 0 Å². The van der Waals surface area contributed by atoms with E-state index < -0.39 is 0 Å². The standard InChI is InChI=1S/C18H21ClN2O2/c1-3-23-17-10-5-4-9-16(17)21-18(22)12-20-13(2)14-7-6-8-15(19)11-14/h4-11,13,20H,3,12H2,1-2H3,(H,21,22)/p+1/t13-/m1/s1. The number of hydrogen-bond acceptors (Lipinski definition) is 2. The quantitative estimate of drug-likeness (QED) is 0.818. The number of para-hydroxylation sites is 2. The van der Waals surface area contributed by atoms with E-state index in [9.17, 15) is 4.79 Å². The van der Waals surface area contributed by atoms with Gasteiger partial charge in [0.1, 0.15) is 11.8 Å². The van der Waals surface area contributed by atoms with Crippen LogP contribution in [0.1, 0.15) is 25.5 Å². The first-order valence-corrected chi connectivity index (χ1v) is 8.08. The van der Waals surface area contributed by atoms with Crippen LogP contribution in [-0.4, -0.2) is 19.1 Å². The van der Waals surface area contributed by atoms with Gasteiger partial charge in [0, 0.05) is 10.6 Å². The molecule has 2 aromatic carbocycles. The predicted molar refractivity (Wildman–Crippen MR) is 92.9 cm³/mol. The van der Waals surface area contributed by atoms with Gasteiger partial charge in [-0.25, -0.2) is 0 Å². The number of amides is 1. The SMILES string of the molecule is CCOc1ccccc1NC(=O)C[NH2+][C@H](C)c1cccc(Cl)c1. The molecule has 1 amide bonds. The number of rotatable bonds is 7. The van der Waals surface area contributed by atoms with Gasteiger partial charge in [-0.1, -0.05) is 35.9 Å². The molecule has 3 N–H and O–H groups in total. The molecule has 0 bridgehead atoms. The Morgan fingerprint density at radius 3 is 2.78 bits per heavy atom. The summed E-state index contributed by atoms with van der Waals surface area (Å²) in [5.74, 6) is 0.622. The number of anilines is 1. The normalized spacial score (nSPS) is 11.8. The summed E-state index contributed by atoms with van der Waals surface area (Å²) in [6, 6.07) is 15.3. The smallest absolute Gasteiger partial charge is 0.279 e. The summed E-state index contributed by atoms with van der Waals surface area (Å²) in [4.78, 5) is 12.1. The molecule has 0 fully saturated rings. The van der Waals surface area contributed by atoms with E-state index in [4.69, 9.17) is 16.3 Å². The lowest BCUT2D eigenvalue weighted by atomic mass is 10.1. The van der Waals surface area contributed by atoms with Crippen molar-refractivity contribution in [2.45, 2.75) is 19.9 Å². The number of ether oxygens (including phenoxy) is 1. The first kappa shape index (κ1) is 17.3. The van der Waals surface area contributed by atoms with E-state index in [1.165, 1.54) is 0 Å². The lowest BCUT2D eigenvalue weighted by Crippen LogP contribution is -2.86. The largest absolute Gasteiger partial charge is 0.492 e. The maximum atomic E-state index is 12.1. The number of benzene rings is 2. The zero-order chi connectivity index (χ0) is 16.7. The third-order valence-electron chi connectivity index (χ3n) is 3.49. The van der Waals surface area contributed by atoms with Gasteiger partial charge in [-0.05, 0) is 38.1 Å². The minimum absolute atomic E-state index is 0.0639. The molecule has 0 heterocycles. The lowest BCUT2D eigenvalue weighted by molar-refractivity contribution is -0.682. The van der Waals surface area contributed by atoms with Crippen molar-refractivity contribution in [2.24, 2.45) is 0 Å². The zero-order valence-corrected chi connectivity index (χ0v) is 14.1. The summed E-state index contributed by atoms with van der Waals surface area (Å²) >= 11 is 6.00.